The highest BCUT2D eigenvalue weighted by molar-refractivity contribution is 9.10. The molecule has 1 nitrogen and oxygen atoms in total. The average molecular weight is 342 g/mol. The monoisotopic (exact) mass is 340 g/mol. The smallest absolute Gasteiger partial charge is 0.160 e. The van der Waals surface area contributed by atoms with Gasteiger partial charge in [-0.05, 0) is 49.4 Å². The molecule has 0 unspecified atom stereocenters. The van der Waals surface area contributed by atoms with Crippen LogP contribution in [0.3, 0.4) is 0 Å². The van der Waals surface area contributed by atoms with E-state index in [-0.39, 0.29) is 5.78 Å². The van der Waals surface area contributed by atoms with Gasteiger partial charge in [0, 0.05) is 24.8 Å². The highest BCUT2D eigenvalue weighted by Gasteiger charge is 2.09. The number of halogens is 2. The van der Waals surface area contributed by atoms with E-state index in [1.165, 1.54) is 0 Å². The lowest BCUT2D eigenvalue weighted by atomic mass is 10.1. The fraction of sp³-hybridized carbons (Fsp3) is 0.0714. The molecule has 0 aliphatic carbocycles. The highest BCUT2D eigenvalue weighted by atomic mass is 79.9. The summed E-state index contributed by atoms with van der Waals surface area (Å²) in [4.78, 5) is 13.6. The summed E-state index contributed by atoms with van der Waals surface area (Å²) in [6, 6.07) is 13.2. The number of rotatable bonds is 3. The zero-order valence-corrected chi connectivity index (χ0v) is 12.8. The van der Waals surface area contributed by atoms with Crippen molar-refractivity contribution in [2.45, 2.75) is 16.7 Å². The van der Waals surface area contributed by atoms with E-state index in [4.69, 9.17) is 11.6 Å². The molecule has 4 heteroatoms. The van der Waals surface area contributed by atoms with Crippen LogP contribution in [-0.2, 0) is 0 Å². The van der Waals surface area contributed by atoms with Crippen LogP contribution < -0.4 is 0 Å². The Bertz CT molecular complexity index is 581. The van der Waals surface area contributed by atoms with Crippen LogP contribution >= 0.6 is 39.3 Å². The minimum absolute atomic E-state index is 0.0685. The van der Waals surface area contributed by atoms with Gasteiger partial charge in [-0.25, -0.2) is 0 Å². The second kappa shape index (κ2) is 5.91. The van der Waals surface area contributed by atoms with E-state index in [0.717, 1.165) is 19.8 Å². The van der Waals surface area contributed by atoms with Crippen LogP contribution in [-0.4, -0.2) is 5.78 Å². The molecule has 0 aliphatic rings. The quantitative estimate of drug-likeness (QED) is 0.690. The number of hydrogen-bond donors (Lipinski definition) is 0. The summed E-state index contributed by atoms with van der Waals surface area (Å²) in [6.07, 6.45) is 0. The highest BCUT2D eigenvalue weighted by Crippen LogP contribution is 2.33. The fourth-order valence-corrected chi connectivity index (χ4v) is 3.17. The van der Waals surface area contributed by atoms with Crippen LogP contribution in [0.15, 0.2) is 56.7 Å². The van der Waals surface area contributed by atoms with E-state index in [9.17, 15) is 4.79 Å². The molecule has 2 rings (SSSR count). The second-order valence-electron chi connectivity index (χ2n) is 3.75. The standard InChI is InChI=1S/C14H10BrClOS/c1-9(17)13-7-2-10(15)8-14(13)18-12-5-3-11(16)4-6-12/h2-8H,1H3. The summed E-state index contributed by atoms with van der Waals surface area (Å²) in [6.45, 7) is 1.58. The summed E-state index contributed by atoms with van der Waals surface area (Å²) in [5.41, 5.74) is 0.734. The lowest BCUT2D eigenvalue weighted by molar-refractivity contribution is 0.101. The van der Waals surface area contributed by atoms with Crippen molar-refractivity contribution in [3.05, 3.63) is 57.5 Å². The van der Waals surface area contributed by atoms with E-state index in [2.05, 4.69) is 15.9 Å². The molecule has 0 N–H and O–H groups in total. The van der Waals surface area contributed by atoms with E-state index in [1.807, 2.05) is 42.5 Å². The van der Waals surface area contributed by atoms with Crippen molar-refractivity contribution in [3.63, 3.8) is 0 Å². The van der Waals surface area contributed by atoms with Crippen LogP contribution in [0.2, 0.25) is 5.02 Å². The molecule has 92 valence electrons. The summed E-state index contributed by atoms with van der Waals surface area (Å²) in [5.74, 6) is 0.0685. The predicted molar refractivity (Wildman–Crippen MR) is 79.7 cm³/mol. The van der Waals surface area contributed by atoms with Gasteiger partial charge >= 0.3 is 0 Å². The normalized spacial score (nSPS) is 10.4. The lowest BCUT2D eigenvalue weighted by Gasteiger charge is -2.07. The fourth-order valence-electron chi connectivity index (χ4n) is 1.50. The molecule has 2 aromatic carbocycles. The first-order valence-electron chi connectivity index (χ1n) is 5.30. The van der Waals surface area contributed by atoms with Gasteiger partial charge in [0.1, 0.15) is 0 Å². The Morgan fingerprint density at radius 3 is 2.44 bits per heavy atom. The van der Waals surface area contributed by atoms with Crippen molar-refractivity contribution in [2.75, 3.05) is 0 Å². The van der Waals surface area contributed by atoms with Crippen molar-refractivity contribution in [1.82, 2.24) is 0 Å². The van der Waals surface area contributed by atoms with Crippen LogP contribution in [0.25, 0.3) is 0 Å². The Hall–Kier alpha value is -0.770. The predicted octanol–water partition coefficient (Wildman–Crippen LogP) is 5.46. The topological polar surface area (TPSA) is 17.1 Å². The third-order valence-electron chi connectivity index (χ3n) is 2.36. The zero-order valence-electron chi connectivity index (χ0n) is 9.61. The van der Waals surface area contributed by atoms with Gasteiger partial charge in [0.15, 0.2) is 5.78 Å². The first kappa shape index (κ1) is 13.7. The Kier molecular flexibility index (Phi) is 4.49. The zero-order chi connectivity index (χ0) is 13.1. The van der Waals surface area contributed by atoms with E-state index in [1.54, 1.807) is 18.7 Å². The Morgan fingerprint density at radius 2 is 1.83 bits per heavy atom. The molecule has 0 atom stereocenters. The van der Waals surface area contributed by atoms with Crippen LogP contribution in [0.4, 0.5) is 0 Å². The van der Waals surface area contributed by atoms with Gasteiger partial charge in [-0.1, -0.05) is 39.3 Å². The van der Waals surface area contributed by atoms with Crippen LogP contribution in [0, 0.1) is 0 Å². The number of benzene rings is 2. The minimum Gasteiger partial charge on any atom is -0.294 e. The Morgan fingerprint density at radius 1 is 1.17 bits per heavy atom. The molecule has 0 fully saturated rings. The SMILES string of the molecule is CC(=O)c1ccc(Br)cc1Sc1ccc(Cl)cc1. The molecule has 0 heterocycles. The maximum atomic E-state index is 11.6. The molecular weight excluding hydrogens is 332 g/mol. The maximum absolute atomic E-state index is 11.6. The van der Waals surface area contributed by atoms with Gasteiger partial charge in [0.2, 0.25) is 0 Å². The van der Waals surface area contributed by atoms with Gasteiger partial charge in [-0.3, -0.25) is 4.79 Å². The molecule has 2 aromatic rings. The number of ketones is 1. The third kappa shape index (κ3) is 3.37. The number of carbonyl (C=O) groups is 1. The van der Waals surface area contributed by atoms with Gasteiger partial charge < -0.3 is 0 Å². The van der Waals surface area contributed by atoms with Gasteiger partial charge in [-0.15, -0.1) is 0 Å². The molecular formula is C14H10BrClOS. The van der Waals surface area contributed by atoms with Gasteiger partial charge in [0.25, 0.3) is 0 Å². The molecule has 0 saturated heterocycles. The molecule has 18 heavy (non-hydrogen) atoms. The first-order chi connectivity index (χ1) is 8.56. The van der Waals surface area contributed by atoms with Crippen LogP contribution in [0.5, 0.6) is 0 Å². The second-order valence-corrected chi connectivity index (χ2v) is 6.22. The van der Waals surface area contributed by atoms with E-state index < -0.39 is 0 Å². The molecule has 0 amide bonds. The summed E-state index contributed by atoms with van der Waals surface area (Å²) < 4.78 is 0.962. The summed E-state index contributed by atoms with van der Waals surface area (Å²) in [7, 11) is 0. The Labute approximate surface area is 124 Å². The molecule has 0 spiro atoms. The largest absolute Gasteiger partial charge is 0.294 e. The molecule has 0 aliphatic heterocycles. The molecule has 0 aromatic heterocycles. The van der Waals surface area contributed by atoms with E-state index in [0.29, 0.717) is 5.02 Å². The average Bonchev–Trinajstić information content (AvgIpc) is 2.32. The molecule has 0 bridgehead atoms. The van der Waals surface area contributed by atoms with Gasteiger partial charge in [-0.2, -0.15) is 0 Å². The lowest BCUT2D eigenvalue weighted by Crippen LogP contribution is -1.94. The Balaban J connectivity index is 2.35. The van der Waals surface area contributed by atoms with Crippen molar-refractivity contribution in [1.29, 1.82) is 0 Å². The summed E-state index contributed by atoms with van der Waals surface area (Å²) in [5, 5.41) is 0.709. The number of carbonyl (C=O) groups excluding carboxylic acids is 1. The van der Waals surface area contributed by atoms with Gasteiger partial charge in [0.05, 0.1) is 0 Å². The minimum atomic E-state index is 0.0685. The molecule has 0 radical (unpaired) electrons. The number of hydrogen-bond acceptors (Lipinski definition) is 2. The van der Waals surface area contributed by atoms with Crippen molar-refractivity contribution >= 4 is 45.1 Å². The van der Waals surface area contributed by atoms with Crippen molar-refractivity contribution in [2.24, 2.45) is 0 Å². The van der Waals surface area contributed by atoms with Crippen molar-refractivity contribution < 1.29 is 4.79 Å². The molecule has 0 saturated carbocycles. The summed E-state index contributed by atoms with van der Waals surface area (Å²) >= 11 is 10.8. The van der Waals surface area contributed by atoms with Crippen molar-refractivity contribution in [3.8, 4) is 0 Å². The maximum Gasteiger partial charge on any atom is 0.160 e. The number of Topliss-reactive ketones (excluding diaryl/α,β-unsaturated/α-hetero) is 1. The third-order valence-corrected chi connectivity index (χ3v) is 4.18. The first-order valence-corrected chi connectivity index (χ1v) is 7.29. The van der Waals surface area contributed by atoms with Crippen LogP contribution in [0.1, 0.15) is 17.3 Å². The van der Waals surface area contributed by atoms with E-state index >= 15 is 0 Å².